The first kappa shape index (κ1) is 21.1. The van der Waals surface area contributed by atoms with Crippen molar-refractivity contribution < 1.29 is 4.79 Å². The predicted molar refractivity (Wildman–Crippen MR) is 115 cm³/mol. The molecule has 0 N–H and O–H groups in total. The van der Waals surface area contributed by atoms with E-state index < -0.39 is 29.4 Å². The van der Waals surface area contributed by atoms with Gasteiger partial charge in [-0.05, 0) is 5.92 Å². The standard InChI is InChI=1S/C17H39NOSi4/c1-15(2)12-18-13-16(17(18)19)14-23(20(3,4)5,21(6,7)8)22(9,10)11/h14-15H,12-13H2,1-11H3/b16-14-. The highest BCUT2D eigenvalue weighted by molar-refractivity contribution is 7.90. The molecule has 134 valence electrons. The van der Waals surface area contributed by atoms with Gasteiger partial charge in [0.1, 0.15) is 0 Å². The van der Waals surface area contributed by atoms with Gasteiger partial charge in [0.05, 0.1) is 13.2 Å². The summed E-state index contributed by atoms with van der Waals surface area (Å²) in [6.07, 6.45) is 0. The van der Waals surface area contributed by atoms with Gasteiger partial charge in [-0.2, -0.15) is 0 Å². The predicted octanol–water partition coefficient (Wildman–Crippen LogP) is 4.65. The van der Waals surface area contributed by atoms with Crippen molar-refractivity contribution in [3.8, 4) is 0 Å². The van der Waals surface area contributed by atoms with Crippen molar-refractivity contribution in [2.24, 2.45) is 5.92 Å². The Morgan fingerprint density at radius 2 is 1.30 bits per heavy atom. The van der Waals surface area contributed by atoms with Crippen LogP contribution in [0.15, 0.2) is 11.3 Å². The zero-order valence-electron chi connectivity index (χ0n) is 17.4. The molecule has 0 aromatic carbocycles. The maximum atomic E-state index is 12.7. The van der Waals surface area contributed by atoms with Gasteiger partial charge in [0, 0.05) is 34.9 Å². The molecule has 1 aliphatic heterocycles. The monoisotopic (exact) mass is 385 g/mol. The Balaban J connectivity index is 3.35. The van der Waals surface area contributed by atoms with Crippen LogP contribution in [-0.2, 0) is 4.79 Å². The molecule has 1 aliphatic rings. The third-order valence-electron chi connectivity index (χ3n) is 5.45. The summed E-state index contributed by atoms with van der Waals surface area (Å²) >= 11 is 0. The summed E-state index contributed by atoms with van der Waals surface area (Å²) in [5.74, 6) is 0.902. The molecule has 23 heavy (non-hydrogen) atoms. The van der Waals surface area contributed by atoms with E-state index in [1.807, 2.05) is 4.90 Å². The largest absolute Gasteiger partial charge is 0.334 e. The molecule has 0 atom stereocenters. The Morgan fingerprint density at radius 1 is 0.913 bits per heavy atom. The van der Waals surface area contributed by atoms with Crippen molar-refractivity contribution in [1.29, 1.82) is 0 Å². The number of amides is 1. The number of hydrogen-bond donors (Lipinski definition) is 0. The average Bonchev–Trinajstić information content (AvgIpc) is 2.26. The fraction of sp³-hybridized carbons (Fsp3) is 0.824. The number of β-lactam (4-membered cyclic amide) rings is 1. The molecule has 0 spiro atoms. The van der Waals surface area contributed by atoms with Crippen molar-refractivity contribution in [3.63, 3.8) is 0 Å². The minimum Gasteiger partial charge on any atom is -0.334 e. The summed E-state index contributed by atoms with van der Waals surface area (Å²) in [7, 11) is -3.96. The minimum absolute atomic E-state index is 0.338. The number of likely N-dealkylation sites (tertiary alicyclic amines) is 1. The first-order valence-electron chi connectivity index (χ1n) is 9.05. The van der Waals surface area contributed by atoms with Crippen molar-refractivity contribution in [2.45, 2.75) is 72.8 Å². The highest BCUT2D eigenvalue weighted by Gasteiger charge is 2.60. The molecule has 0 radical (unpaired) electrons. The molecule has 1 heterocycles. The van der Waals surface area contributed by atoms with E-state index in [1.54, 1.807) is 0 Å². The van der Waals surface area contributed by atoms with Crippen molar-refractivity contribution in [1.82, 2.24) is 4.90 Å². The topological polar surface area (TPSA) is 20.3 Å². The first-order chi connectivity index (χ1) is 10.0. The molecule has 0 aromatic heterocycles. The van der Waals surface area contributed by atoms with E-state index in [2.05, 4.69) is 78.5 Å². The lowest BCUT2D eigenvalue weighted by Gasteiger charge is -2.56. The molecule has 0 unspecified atom stereocenters. The van der Waals surface area contributed by atoms with Crippen molar-refractivity contribution >= 4 is 35.3 Å². The first-order valence-corrected chi connectivity index (χ1v) is 24.6. The third-order valence-corrected chi connectivity index (χ3v) is 76.4. The molecule has 0 aliphatic carbocycles. The van der Waals surface area contributed by atoms with Gasteiger partial charge in [-0.1, -0.05) is 78.5 Å². The van der Waals surface area contributed by atoms with Crippen LogP contribution >= 0.6 is 0 Å². The maximum absolute atomic E-state index is 12.7. The van der Waals surface area contributed by atoms with Gasteiger partial charge >= 0.3 is 0 Å². The van der Waals surface area contributed by atoms with Gasteiger partial charge in [-0.25, -0.2) is 0 Å². The molecule has 1 fully saturated rings. The van der Waals surface area contributed by atoms with Crippen LogP contribution < -0.4 is 0 Å². The van der Waals surface area contributed by atoms with Crippen molar-refractivity contribution in [2.75, 3.05) is 13.1 Å². The van der Waals surface area contributed by atoms with E-state index in [0.29, 0.717) is 11.8 Å². The molecule has 0 aromatic rings. The lowest BCUT2D eigenvalue weighted by Crippen LogP contribution is -2.82. The normalized spacial score (nSPS) is 19.6. The molecule has 6 heteroatoms. The zero-order valence-corrected chi connectivity index (χ0v) is 21.4. The van der Waals surface area contributed by atoms with Crippen molar-refractivity contribution in [3.05, 3.63) is 11.3 Å². The van der Waals surface area contributed by atoms with Crippen LogP contribution in [0.1, 0.15) is 13.8 Å². The lowest BCUT2D eigenvalue weighted by molar-refractivity contribution is -0.133. The van der Waals surface area contributed by atoms with Gasteiger partial charge in [-0.15, -0.1) is 0 Å². The summed E-state index contributed by atoms with van der Waals surface area (Å²) in [6.45, 7) is 27.9. The average molecular weight is 386 g/mol. The van der Waals surface area contributed by atoms with Gasteiger partial charge in [-0.3, -0.25) is 4.79 Å². The second kappa shape index (κ2) is 6.42. The van der Waals surface area contributed by atoms with Gasteiger partial charge in [0.25, 0.3) is 5.91 Å². The van der Waals surface area contributed by atoms with Crippen LogP contribution in [0.4, 0.5) is 0 Å². The molecule has 0 saturated carbocycles. The minimum atomic E-state index is -1.54. The summed E-state index contributed by atoms with van der Waals surface area (Å²) in [5.41, 5.74) is 3.83. The van der Waals surface area contributed by atoms with Gasteiger partial charge in [0.15, 0.2) is 0 Å². The SMILES string of the molecule is CC(C)CN1C/C(=C/[Si]([Si](C)(C)C)([Si](C)(C)C)[Si](C)(C)C)C1=O. The second-order valence-electron chi connectivity index (χ2n) is 10.8. The number of hydrogen-bond acceptors (Lipinski definition) is 1. The summed E-state index contributed by atoms with van der Waals surface area (Å²) in [5, 5.41) is 0. The van der Waals surface area contributed by atoms with E-state index in [9.17, 15) is 4.79 Å². The Bertz CT molecular complexity index is 456. The fourth-order valence-corrected chi connectivity index (χ4v) is 101. The zero-order chi connectivity index (χ0) is 18.4. The Labute approximate surface area is 148 Å². The molecule has 1 rings (SSSR count). The Kier molecular flexibility index (Phi) is 5.90. The third kappa shape index (κ3) is 3.85. The van der Waals surface area contributed by atoms with Gasteiger partial charge < -0.3 is 4.90 Å². The molecular weight excluding hydrogens is 347 g/mol. The number of carbonyl (C=O) groups excluding carboxylic acids is 1. The van der Waals surface area contributed by atoms with Crippen LogP contribution in [0.2, 0.25) is 58.9 Å². The van der Waals surface area contributed by atoms with Crippen LogP contribution in [0.3, 0.4) is 0 Å². The van der Waals surface area contributed by atoms with Gasteiger partial charge in [0.2, 0.25) is 0 Å². The number of rotatable bonds is 6. The van der Waals surface area contributed by atoms with E-state index in [4.69, 9.17) is 0 Å². The highest BCUT2D eigenvalue weighted by Crippen LogP contribution is 2.39. The Morgan fingerprint density at radius 3 is 1.57 bits per heavy atom. The van der Waals surface area contributed by atoms with Crippen LogP contribution in [-0.4, -0.2) is 53.3 Å². The summed E-state index contributed by atoms with van der Waals surface area (Å²) in [4.78, 5) is 14.7. The smallest absolute Gasteiger partial charge is 0.251 e. The summed E-state index contributed by atoms with van der Waals surface area (Å²) in [6, 6.07) is 0. The van der Waals surface area contributed by atoms with Crippen LogP contribution in [0.5, 0.6) is 0 Å². The number of nitrogens with zero attached hydrogens (tertiary/aromatic N) is 1. The Hall–Kier alpha value is 0.0775. The lowest BCUT2D eigenvalue weighted by atomic mass is 10.1. The second-order valence-corrected chi connectivity index (χ2v) is 51.3. The molecule has 1 amide bonds. The molecule has 0 bridgehead atoms. The summed E-state index contributed by atoms with van der Waals surface area (Å²) < 4.78 is 0. The quantitative estimate of drug-likeness (QED) is 0.370. The molecule has 1 saturated heterocycles. The van der Waals surface area contributed by atoms with E-state index in [-0.39, 0.29) is 0 Å². The molecular formula is C17H39NOSi4. The van der Waals surface area contributed by atoms with E-state index >= 15 is 0 Å². The maximum Gasteiger partial charge on any atom is 0.251 e. The fourth-order valence-electron chi connectivity index (χ4n) is 5.44. The number of carbonyl (C=O) groups is 1. The van der Waals surface area contributed by atoms with Crippen LogP contribution in [0, 0.1) is 5.92 Å². The van der Waals surface area contributed by atoms with Crippen LogP contribution in [0.25, 0.3) is 0 Å². The molecule has 2 nitrogen and oxygen atoms in total. The highest BCUT2D eigenvalue weighted by atomic mass is 29.9. The van der Waals surface area contributed by atoms with E-state index in [0.717, 1.165) is 13.1 Å². The van der Waals surface area contributed by atoms with E-state index in [1.165, 1.54) is 5.57 Å².